The third kappa shape index (κ3) is 19.4. The van der Waals surface area contributed by atoms with Crippen LogP contribution in [0.4, 0.5) is 0 Å². The molecule has 0 fully saturated rings. The van der Waals surface area contributed by atoms with Crippen molar-refractivity contribution in [2.45, 2.75) is 38.8 Å². The normalized spacial score (nSPS) is 11.7. The fraction of sp³-hybridized carbons (Fsp3) is 0.714. The largest absolute Gasteiger partial charge is 2.00 e. The van der Waals surface area contributed by atoms with E-state index in [-0.39, 0.29) is 31.3 Å². The van der Waals surface area contributed by atoms with Gasteiger partial charge in [0.15, 0.2) is 0 Å². The van der Waals surface area contributed by atoms with Crippen LogP contribution < -0.4 is 20.8 Å². The van der Waals surface area contributed by atoms with Crippen LogP contribution >= 0.6 is 23.5 Å². The van der Waals surface area contributed by atoms with Crippen molar-refractivity contribution in [3.05, 3.63) is 0 Å². The van der Waals surface area contributed by atoms with E-state index in [1.807, 2.05) is 12.5 Å². The first kappa shape index (κ1) is 29.0. The number of carbonyl (C=O) groups is 4. The van der Waals surface area contributed by atoms with Crippen molar-refractivity contribution in [3.63, 3.8) is 0 Å². The van der Waals surface area contributed by atoms with Gasteiger partial charge in [0.2, 0.25) is 11.8 Å². The Morgan fingerprint density at radius 3 is 1.24 bits per heavy atom. The summed E-state index contributed by atoms with van der Waals surface area (Å²) in [6.45, 7) is 2.57. The van der Waals surface area contributed by atoms with Gasteiger partial charge in [0.25, 0.3) is 0 Å². The van der Waals surface area contributed by atoms with Gasteiger partial charge in [-0.05, 0) is 36.9 Å². The maximum Gasteiger partial charge on any atom is 2.00 e. The standard InChI is InChI=1S/2C7H13NO3S.Zn/c2*1-5(9)8-6(7(10)11)3-4-12-2;/h2*6H,3-4H2,1-2H3,(H,8,9)(H,10,11);/q;;+2/p-2. The Kier molecular flexibility index (Phi) is 20.9. The molecule has 0 saturated heterocycles. The van der Waals surface area contributed by atoms with E-state index in [1.54, 1.807) is 0 Å². The van der Waals surface area contributed by atoms with E-state index in [4.69, 9.17) is 0 Å². The zero-order valence-corrected chi connectivity index (χ0v) is 19.6. The molecule has 8 nitrogen and oxygen atoms in total. The predicted molar refractivity (Wildman–Crippen MR) is 91.2 cm³/mol. The van der Waals surface area contributed by atoms with Gasteiger partial charge in [-0.1, -0.05) is 0 Å². The first-order chi connectivity index (χ1) is 11.1. The fourth-order valence-electron chi connectivity index (χ4n) is 1.46. The van der Waals surface area contributed by atoms with Gasteiger partial charge in [-0.25, -0.2) is 0 Å². The maximum absolute atomic E-state index is 10.5. The van der Waals surface area contributed by atoms with Gasteiger partial charge in [-0.2, -0.15) is 23.5 Å². The SMILES string of the molecule is CSCCC(NC(C)=O)C(=O)[O-].CSCCC(NC(C)=O)C(=O)[O-].[Zn+2]. The van der Waals surface area contributed by atoms with E-state index in [2.05, 4.69) is 10.6 Å². The predicted octanol–water partition coefficient (Wildman–Crippen LogP) is -2.01. The summed E-state index contributed by atoms with van der Waals surface area (Å²) >= 11 is 3.06. The quantitative estimate of drug-likeness (QED) is 0.368. The topological polar surface area (TPSA) is 138 Å². The van der Waals surface area contributed by atoms with Crippen LogP contribution in [0.15, 0.2) is 0 Å². The molecule has 0 aromatic carbocycles. The van der Waals surface area contributed by atoms with E-state index in [0.29, 0.717) is 24.3 Å². The molecule has 0 aliphatic rings. The molecule has 0 rings (SSSR count). The van der Waals surface area contributed by atoms with Crippen LogP contribution in [0.2, 0.25) is 0 Å². The van der Waals surface area contributed by atoms with Crippen LogP contribution in [-0.2, 0) is 38.7 Å². The average Bonchev–Trinajstić information content (AvgIpc) is 2.47. The fourth-order valence-corrected chi connectivity index (χ4v) is 2.40. The number of thioether (sulfide) groups is 2. The molecule has 0 spiro atoms. The molecule has 0 aromatic heterocycles. The van der Waals surface area contributed by atoms with Crippen molar-refractivity contribution in [2.24, 2.45) is 0 Å². The van der Waals surface area contributed by atoms with Gasteiger partial charge in [0.05, 0.1) is 24.0 Å². The van der Waals surface area contributed by atoms with Gasteiger partial charge in [-0.3, -0.25) is 9.59 Å². The molecule has 2 unspecified atom stereocenters. The summed E-state index contributed by atoms with van der Waals surface area (Å²) in [5.41, 5.74) is 0. The molecular weight excluding hydrogens is 422 g/mol. The van der Waals surface area contributed by atoms with Crippen molar-refractivity contribution in [1.29, 1.82) is 0 Å². The third-order valence-electron chi connectivity index (χ3n) is 2.55. The van der Waals surface area contributed by atoms with Crippen LogP contribution in [0.1, 0.15) is 26.7 Å². The summed E-state index contributed by atoms with van der Waals surface area (Å²) in [5.74, 6) is -1.74. The van der Waals surface area contributed by atoms with Crippen molar-refractivity contribution >= 4 is 47.3 Å². The van der Waals surface area contributed by atoms with Crippen LogP contribution in [0.5, 0.6) is 0 Å². The molecule has 140 valence electrons. The number of carbonyl (C=O) groups excluding carboxylic acids is 4. The number of hydrogen-bond acceptors (Lipinski definition) is 8. The van der Waals surface area contributed by atoms with E-state index >= 15 is 0 Å². The molecule has 0 heterocycles. The second-order valence-corrected chi connectivity index (χ2v) is 6.68. The smallest absolute Gasteiger partial charge is 0.548 e. The minimum atomic E-state index is -1.22. The van der Waals surface area contributed by atoms with Crippen LogP contribution in [0.3, 0.4) is 0 Å². The van der Waals surface area contributed by atoms with Crippen molar-refractivity contribution in [3.8, 4) is 0 Å². The van der Waals surface area contributed by atoms with Crippen molar-refractivity contribution < 1.29 is 48.9 Å². The Labute approximate surface area is 169 Å². The van der Waals surface area contributed by atoms with E-state index in [1.165, 1.54) is 37.4 Å². The number of amides is 2. The summed E-state index contributed by atoms with van der Waals surface area (Å²) in [4.78, 5) is 41.8. The van der Waals surface area contributed by atoms with Gasteiger partial charge >= 0.3 is 19.5 Å². The minimum absolute atomic E-state index is 0. The van der Waals surface area contributed by atoms with Crippen molar-refractivity contribution in [2.75, 3.05) is 24.0 Å². The minimum Gasteiger partial charge on any atom is -0.548 e. The molecule has 2 atom stereocenters. The Bertz CT molecular complexity index is 388. The molecule has 25 heavy (non-hydrogen) atoms. The Hall–Kier alpha value is -0.797. The molecule has 2 amide bonds. The van der Waals surface area contributed by atoms with E-state index < -0.39 is 24.0 Å². The van der Waals surface area contributed by atoms with E-state index in [0.717, 1.165) is 0 Å². The average molecular weight is 446 g/mol. The summed E-state index contributed by atoms with van der Waals surface area (Å²) in [6, 6.07) is -1.70. The number of hydrogen-bond donors (Lipinski definition) is 2. The first-order valence-corrected chi connectivity index (χ1v) is 9.88. The number of aliphatic carboxylic acids is 2. The molecule has 0 bridgehead atoms. The van der Waals surface area contributed by atoms with Gasteiger partial charge < -0.3 is 30.4 Å². The summed E-state index contributed by atoms with van der Waals surface area (Å²) in [7, 11) is 0. The second-order valence-electron chi connectivity index (χ2n) is 4.71. The zero-order chi connectivity index (χ0) is 19.1. The van der Waals surface area contributed by atoms with Gasteiger partial charge in [0, 0.05) is 13.8 Å². The molecule has 0 saturated carbocycles. The van der Waals surface area contributed by atoms with Gasteiger partial charge in [0.1, 0.15) is 0 Å². The Balaban J connectivity index is -0.000000372. The van der Waals surface area contributed by atoms with Crippen LogP contribution in [0, 0.1) is 0 Å². The Morgan fingerprint density at radius 2 is 1.08 bits per heavy atom. The Morgan fingerprint density at radius 1 is 0.800 bits per heavy atom. The summed E-state index contributed by atoms with van der Waals surface area (Å²) in [5, 5.41) is 25.4. The molecule has 11 heteroatoms. The number of carboxylic acids is 2. The number of rotatable bonds is 10. The van der Waals surface area contributed by atoms with E-state index in [9.17, 15) is 29.4 Å². The van der Waals surface area contributed by atoms with Gasteiger partial charge in [-0.15, -0.1) is 0 Å². The summed E-state index contributed by atoms with van der Waals surface area (Å²) in [6.07, 6.45) is 4.56. The first-order valence-electron chi connectivity index (χ1n) is 7.09. The monoisotopic (exact) mass is 444 g/mol. The summed E-state index contributed by atoms with van der Waals surface area (Å²) < 4.78 is 0. The zero-order valence-electron chi connectivity index (χ0n) is 15.0. The maximum atomic E-state index is 10.5. The molecule has 0 aliphatic heterocycles. The third-order valence-corrected chi connectivity index (χ3v) is 3.83. The molecule has 0 radical (unpaired) electrons. The number of carboxylic acid groups (broad SMARTS) is 2. The van der Waals surface area contributed by atoms with Crippen LogP contribution in [0.25, 0.3) is 0 Å². The molecule has 0 aliphatic carbocycles. The number of nitrogens with one attached hydrogen (secondary N) is 2. The second kappa shape index (κ2) is 18.0. The van der Waals surface area contributed by atoms with Crippen molar-refractivity contribution in [1.82, 2.24) is 10.6 Å². The van der Waals surface area contributed by atoms with Crippen LogP contribution in [-0.4, -0.2) is 59.9 Å². The molecule has 0 aromatic rings. The molecule has 2 N–H and O–H groups in total. The molecular formula is C14H24N2O6S2Zn.